The largest absolute Gasteiger partial charge is 0.344 e. The number of nitriles is 1. The summed E-state index contributed by atoms with van der Waals surface area (Å²) >= 11 is 1.32. The molecule has 0 aliphatic rings. The first-order chi connectivity index (χ1) is 9.02. The number of nitrogens with zero attached hydrogens (tertiary/aromatic N) is 3. The van der Waals surface area contributed by atoms with E-state index in [4.69, 9.17) is 5.26 Å². The molecule has 0 radical (unpaired) electrons. The number of hydrogen-bond acceptors (Lipinski definition) is 4. The van der Waals surface area contributed by atoms with Crippen LogP contribution in [0.3, 0.4) is 0 Å². The van der Waals surface area contributed by atoms with Gasteiger partial charge in [0.25, 0.3) is 0 Å². The van der Waals surface area contributed by atoms with Crippen molar-refractivity contribution in [3.05, 3.63) is 39.8 Å². The lowest BCUT2D eigenvalue weighted by atomic mass is 10.2. The molecule has 2 aromatic rings. The van der Waals surface area contributed by atoms with Gasteiger partial charge >= 0.3 is 5.69 Å². The van der Waals surface area contributed by atoms with Crippen molar-refractivity contribution in [1.82, 2.24) is 14.8 Å². The van der Waals surface area contributed by atoms with E-state index >= 15 is 0 Å². The van der Waals surface area contributed by atoms with Gasteiger partial charge in [0, 0.05) is 10.9 Å². The third-order valence-electron chi connectivity index (χ3n) is 2.65. The number of H-pyrrole nitrogens is 1. The van der Waals surface area contributed by atoms with Crippen LogP contribution in [-0.4, -0.2) is 14.8 Å². The summed E-state index contributed by atoms with van der Waals surface area (Å²) in [6.07, 6.45) is 0. The zero-order valence-electron chi connectivity index (χ0n) is 11.0. The molecule has 0 amide bonds. The molecule has 0 unspecified atom stereocenters. The minimum atomic E-state index is -0.233. The monoisotopic (exact) mass is 274 g/mol. The highest BCUT2D eigenvalue weighted by Crippen LogP contribution is 2.29. The standard InChI is InChI=1S/C13H14N4OS/c1-8(2)17-12(18)15-16-13(17)19-11-5-4-9(3)6-10(11)7-14/h4-6,8H,1-3H3,(H,15,18). The van der Waals surface area contributed by atoms with Crippen molar-refractivity contribution in [3.8, 4) is 6.07 Å². The van der Waals surface area contributed by atoms with Gasteiger partial charge in [0.1, 0.15) is 6.07 Å². The predicted molar refractivity (Wildman–Crippen MR) is 73.2 cm³/mol. The van der Waals surface area contributed by atoms with Gasteiger partial charge in [-0.2, -0.15) is 5.26 Å². The molecule has 0 spiro atoms. The highest BCUT2D eigenvalue weighted by molar-refractivity contribution is 7.99. The Labute approximate surface area is 115 Å². The zero-order valence-corrected chi connectivity index (χ0v) is 11.8. The van der Waals surface area contributed by atoms with Crippen LogP contribution in [0, 0.1) is 18.3 Å². The lowest BCUT2D eigenvalue weighted by Gasteiger charge is -2.09. The average molecular weight is 274 g/mol. The molecule has 0 aliphatic heterocycles. The molecule has 1 N–H and O–H groups in total. The minimum Gasteiger partial charge on any atom is -0.267 e. The van der Waals surface area contributed by atoms with Crippen LogP contribution < -0.4 is 5.69 Å². The third-order valence-corrected chi connectivity index (χ3v) is 3.69. The number of aromatic nitrogens is 3. The lowest BCUT2D eigenvalue weighted by molar-refractivity contribution is 0.534. The molecule has 5 nitrogen and oxygen atoms in total. The molecule has 0 bridgehead atoms. The van der Waals surface area contributed by atoms with Crippen molar-refractivity contribution in [2.24, 2.45) is 0 Å². The number of benzene rings is 1. The van der Waals surface area contributed by atoms with Crippen molar-refractivity contribution < 1.29 is 0 Å². The van der Waals surface area contributed by atoms with Crippen LogP contribution in [-0.2, 0) is 0 Å². The van der Waals surface area contributed by atoms with Gasteiger partial charge in [-0.25, -0.2) is 9.89 Å². The summed E-state index contributed by atoms with van der Waals surface area (Å²) in [6.45, 7) is 5.77. The fourth-order valence-corrected chi connectivity index (χ4v) is 2.77. The Morgan fingerprint density at radius 3 is 2.84 bits per heavy atom. The van der Waals surface area contributed by atoms with E-state index < -0.39 is 0 Å². The number of aryl methyl sites for hydroxylation is 1. The Morgan fingerprint density at radius 1 is 1.47 bits per heavy atom. The van der Waals surface area contributed by atoms with Gasteiger partial charge in [-0.05, 0) is 50.2 Å². The van der Waals surface area contributed by atoms with Crippen LogP contribution in [0.25, 0.3) is 0 Å². The zero-order chi connectivity index (χ0) is 14.0. The predicted octanol–water partition coefficient (Wildman–Crippen LogP) is 2.48. The van der Waals surface area contributed by atoms with Crippen LogP contribution in [0.5, 0.6) is 0 Å². The third kappa shape index (κ3) is 2.71. The molecule has 0 atom stereocenters. The molecule has 1 aromatic carbocycles. The van der Waals surface area contributed by atoms with E-state index in [1.807, 2.05) is 39.0 Å². The van der Waals surface area contributed by atoms with E-state index in [9.17, 15) is 4.79 Å². The summed E-state index contributed by atoms with van der Waals surface area (Å²) in [5, 5.41) is 16.2. The average Bonchev–Trinajstić information content (AvgIpc) is 2.72. The highest BCUT2D eigenvalue weighted by atomic mass is 32.2. The SMILES string of the molecule is Cc1ccc(Sc2n[nH]c(=O)n2C(C)C)c(C#N)c1. The molecule has 1 heterocycles. The van der Waals surface area contributed by atoms with Crippen molar-refractivity contribution in [2.45, 2.75) is 36.9 Å². The van der Waals surface area contributed by atoms with E-state index in [1.165, 1.54) is 11.8 Å². The van der Waals surface area contributed by atoms with Crippen LogP contribution in [0.1, 0.15) is 31.0 Å². The Hall–Kier alpha value is -2.00. The van der Waals surface area contributed by atoms with E-state index in [1.54, 1.807) is 4.57 Å². The maximum Gasteiger partial charge on any atom is 0.344 e. The maximum absolute atomic E-state index is 11.6. The summed E-state index contributed by atoms with van der Waals surface area (Å²) in [6, 6.07) is 7.83. The summed E-state index contributed by atoms with van der Waals surface area (Å²) in [5.41, 5.74) is 1.39. The van der Waals surface area contributed by atoms with Crippen LogP contribution >= 0.6 is 11.8 Å². The molecule has 19 heavy (non-hydrogen) atoms. The van der Waals surface area contributed by atoms with Gasteiger partial charge in [-0.15, -0.1) is 5.10 Å². The molecule has 6 heteroatoms. The fourth-order valence-electron chi connectivity index (χ4n) is 1.74. The van der Waals surface area contributed by atoms with Gasteiger partial charge < -0.3 is 0 Å². The molecular formula is C13H14N4OS. The molecule has 0 fully saturated rings. The van der Waals surface area contributed by atoms with Gasteiger partial charge in [-0.1, -0.05) is 6.07 Å². The highest BCUT2D eigenvalue weighted by Gasteiger charge is 2.14. The Balaban J connectivity index is 2.43. The van der Waals surface area contributed by atoms with Gasteiger partial charge in [0.15, 0.2) is 5.16 Å². The quantitative estimate of drug-likeness (QED) is 0.933. The summed E-state index contributed by atoms with van der Waals surface area (Å²) in [7, 11) is 0. The van der Waals surface area contributed by atoms with Gasteiger partial charge in [0.05, 0.1) is 5.56 Å². The topological polar surface area (TPSA) is 74.5 Å². The van der Waals surface area contributed by atoms with E-state index in [2.05, 4.69) is 16.3 Å². The molecule has 0 saturated carbocycles. The number of hydrogen-bond donors (Lipinski definition) is 1. The molecule has 1 aromatic heterocycles. The molecule has 2 rings (SSSR count). The number of aromatic amines is 1. The first-order valence-electron chi connectivity index (χ1n) is 5.88. The van der Waals surface area contributed by atoms with E-state index in [0.717, 1.165) is 10.5 Å². The van der Waals surface area contributed by atoms with Crippen molar-refractivity contribution in [2.75, 3.05) is 0 Å². The molecule has 98 valence electrons. The normalized spacial score (nSPS) is 10.7. The fraction of sp³-hybridized carbons (Fsp3) is 0.308. The van der Waals surface area contributed by atoms with Crippen LogP contribution in [0.2, 0.25) is 0 Å². The first-order valence-corrected chi connectivity index (χ1v) is 6.70. The summed E-state index contributed by atoms with van der Waals surface area (Å²) in [4.78, 5) is 12.4. The first kappa shape index (κ1) is 13.4. The summed E-state index contributed by atoms with van der Waals surface area (Å²) in [5.74, 6) is 0. The molecular weight excluding hydrogens is 260 g/mol. The van der Waals surface area contributed by atoms with Crippen molar-refractivity contribution in [1.29, 1.82) is 5.26 Å². The second-order valence-corrected chi connectivity index (χ2v) is 5.50. The molecule has 0 aliphatic carbocycles. The van der Waals surface area contributed by atoms with Gasteiger partial charge in [0.2, 0.25) is 0 Å². The maximum atomic E-state index is 11.6. The van der Waals surface area contributed by atoms with Crippen molar-refractivity contribution in [3.63, 3.8) is 0 Å². The molecule has 0 saturated heterocycles. The van der Waals surface area contributed by atoms with Gasteiger partial charge in [-0.3, -0.25) is 4.57 Å². The summed E-state index contributed by atoms with van der Waals surface area (Å²) < 4.78 is 1.58. The second kappa shape index (κ2) is 5.33. The number of rotatable bonds is 3. The van der Waals surface area contributed by atoms with E-state index in [0.29, 0.717) is 10.7 Å². The Bertz CT molecular complexity index is 693. The second-order valence-electron chi connectivity index (χ2n) is 4.49. The van der Waals surface area contributed by atoms with E-state index in [-0.39, 0.29) is 11.7 Å². The van der Waals surface area contributed by atoms with Crippen molar-refractivity contribution >= 4 is 11.8 Å². The smallest absolute Gasteiger partial charge is 0.267 e. The Morgan fingerprint density at radius 2 is 2.21 bits per heavy atom. The Kier molecular flexibility index (Phi) is 3.76. The number of nitrogens with one attached hydrogen (secondary N) is 1. The van der Waals surface area contributed by atoms with Crippen LogP contribution in [0.15, 0.2) is 33.0 Å². The minimum absolute atomic E-state index is 0.0183. The van der Waals surface area contributed by atoms with Crippen LogP contribution in [0.4, 0.5) is 0 Å². The lowest BCUT2D eigenvalue weighted by Crippen LogP contribution is -2.19.